The highest BCUT2D eigenvalue weighted by molar-refractivity contribution is 9.10. The van der Waals surface area contributed by atoms with Crippen molar-refractivity contribution < 1.29 is 9.47 Å². The maximum Gasteiger partial charge on any atom is 0.175 e. The molecule has 0 saturated carbocycles. The molecule has 1 N–H and O–H groups in total. The van der Waals surface area contributed by atoms with Gasteiger partial charge in [-0.25, -0.2) is 0 Å². The fourth-order valence-electron chi connectivity index (χ4n) is 2.48. The van der Waals surface area contributed by atoms with Crippen LogP contribution in [0, 0.1) is 0 Å². The van der Waals surface area contributed by atoms with Crippen LogP contribution < -0.4 is 14.8 Å². The molecule has 0 bridgehead atoms. The molecule has 21 heavy (non-hydrogen) atoms. The molecule has 4 heteroatoms. The Morgan fingerprint density at radius 3 is 2.86 bits per heavy atom. The van der Waals surface area contributed by atoms with Gasteiger partial charge in [-0.05, 0) is 47.0 Å². The van der Waals surface area contributed by atoms with Crippen molar-refractivity contribution in [2.24, 2.45) is 0 Å². The van der Waals surface area contributed by atoms with Gasteiger partial charge in [-0.15, -0.1) is 0 Å². The van der Waals surface area contributed by atoms with Crippen LogP contribution in [0.25, 0.3) is 0 Å². The average molecular weight is 356 g/mol. The molecule has 0 aromatic heterocycles. The van der Waals surface area contributed by atoms with Crippen LogP contribution in [0.1, 0.15) is 51.5 Å². The highest BCUT2D eigenvalue weighted by Gasteiger charge is 2.15. The monoisotopic (exact) mass is 355 g/mol. The second kappa shape index (κ2) is 8.64. The Hall–Kier alpha value is -0.740. The summed E-state index contributed by atoms with van der Waals surface area (Å²) in [6.07, 6.45) is 6.07. The van der Waals surface area contributed by atoms with Crippen molar-refractivity contribution in [2.45, 2.75) is 58.5 Å². The Bertz CT molecular complexity index is 451. The molecule has 0 spiro atoms. The standard InChI is InChI=1S/C17H26BrNO2/c1-3-4-5-7-13(2)19-12-14-10-15(18)17-16(11-14)20-8-6-9-21-17/h10-11,13,19H,3-9,12H2,1-2H3. The lowest BCUT2D eigenvalue weighted by molar-refractivity contribution is 0.296. The Morgan fingerprint density at radius 2 is 2.05 bits per heavy atom. The van der Waals surface area contributed by atoms with Gasteiger partial charge >= 0.3 is 0 Å². The zero-order chi connectivity index (χ0) is 15.1. The predicted molar refractivity (Wildman–Crippen MR) is 90.2 cm³/mol. The van der Waals surface area contributed by atoms with Crippen LogP contribution in [0.5, 0.6) is 11.5 Å². The van der Waals surface area contributed by atoms with Crippen molar-refractivity contribution in [3.05, 3.63) is 22.2 Å². The Kier molecular flexibility index (Phi) is 6.84. The second-order valence-corrected chi connectivity index (χ2v) is 6.59. The van der Waals surface area contributed by atoms with Crippen molar-refractivity contribution in [3.8, 4) is 11.5 Å². The highest BCUT2D eigenvalue weighted by Crippen LogP contribution is 2.38. The minimum atomic E-state index is 0.548. The van der Waals surface area contributed by atoms with Gasteiger partial charge in [-0.3, -0.25) is 0 Å². The van der Waals surface area contributed by atoms with E-state index in [1.54, 1.807) is 0 Å². The van der Waals surface area contributed by atoms with E-state index in [1.165, 1.54) is 31.2 Å². The first-order valence-corrected chi connectivity index (χ1v) is 8.81. The number of fused-ring (bicyclic) bond motifs is 1. The van der Waals surface area contributed by atoms with E-state index in [0.717, 1.165) is 42.2 Å². The maximum atomic E-state index is 5.77. The molecule has 0 saturated heterocycles. The number of rotatable bonds is 7. The second-order valence-electron chi connectivity index (χ2n) is 5.73. The van der Waals surface area contributed by atoms with Gasteiger partial charge in [0.25, 0.3) is 0 Å². The molecule has 118 valence electrons. The van der Waals surface area contributed by atoms with Crippen molar-refractivity contribution in [1.82, 2.24) is 5.32 Å². The minimum Gasteiger partial charge on any atom is -0.490 e. The zero-order valence-corrected chi connectivity index (χ0v) is 14.7. The van der Waals surface area contributed by atoms with Crippen LogP contribution in [-0.4, -0.2) is 19.3 Å². The van der Waals surface area contributed by atoms with Gasteiger partial charge in [0, 0.05) is 19.0 Å². The lowest BCUT2D eigenvalue weighted by atomic mass is 10.1. The molecule has 1 atom stereocenters. The third kappa shape index (κ3) is 5.19. The average Bonchev–Trinajstić information content (AvgIpc) is 2.71. The summed E-state index contributed by atoms with van der Waals surface area (Å²) in [5, 5.41) is 3.59. The van der Waals surface area contributed by atoms with E-state index in [4.69, 9.17) is 9.47 Å². The van der Waals surface area contributed by atoms with Gasteiger partial charge < -0.3 is 14.8 Å². The maximum absolute atomic E-state index is 5.77. The summed E-state index contributed by atoms with van der Waals surface area (Å²) in [6, 6.07) is 4.77. The van der Waals surface area contributed by atoms with Crippen LogP contribution in [0.4, 0.5) is 0 Å². The number of unbranched alkanes of at least 4 members (excludes halogenated alkanes) is 2. The smallest absolute Gasteiger partial charge is 0.175 e. The SMILES string of the molecule is CCCCCC(C)NCc1cc(Br)c2c(c1)OCCCO2. The van der Waals surface area contributed by atoms with Crippen molar-refractivity contribution in [3.63, 3.8) is 0 Å². The summed E-state index contributed by atoms with van der Waals surface area (Å²) in [4.78, 5) is 0. The van der Waals surface area contributed by atoms with E-state index in [9.17, 15) is 0 Å². The molecule has 3 nitrogen and oxygen atoms in total. The summed E-state index contributed by atoms with van der Waals surface area (Å²) < 4.78 is 12.5. The van der Waals surface area contributed by atoms with Crippen molar-refractivity contribution in [2.75, 3.05) is 13.2 Å². The van der Waals surface area contributed by atoms with E-state index in [1.807, 2.05) is 0 Å². The molecule has 1 aromatic rings. The third-order valence-electron chi connectivity index (χ3n) is 3.76. The molecule has 1 aliphatic heterocycles. The summed E-state index contributed by atoms with van der Waals surface area (Å²) in [6.45, 7) is 6.81. The van der Waals surface area contributed by atoms with E-state index in [2.05, 4.69) is 47.2 Å². The summed E-state index contributed by atoms with van der Waals surface area (Å²) in [5.74, 6) is 1.70. The molecule has 0 amide bonds. The third-order valence-corrected chi connectivity index (χ3v) is 4.35. The van der Waals surface area contributed by atoms with Gasteiger partial charge in [0.2, 0.25) is 0 Å². The van der Waals surface area contributed by atoms with E-state index >= 15 is 0 Å². The number of ether oxygens (including phenoxy) is 2. The number of hydrogen-bond donors (Lipinski definition) is 1. The molecule has 1 aliphatic rings. The molecular formula is C17H26BrNO2. The number of benzene rings is 1. The molecule has 0 fully saturated rings. The van der Waals surface area contributed by atoms with Gasteiger partial charge in [0.05, 0.1) is 17.7 Å². The molecular weight excluding hydrogens is 330 g/mol. The van der Waals surface area contributed by atoms with E-state index in [0.29, 0.717) is 6.04 Å². The Morgan fingerprint density at radius 1 is 1.24 bits per heavy atom. The lowest BCUT2D eigenvalue weighted by Crippen LogP contribution is -2.25. The molecule has 1 unspecified atom stereocenters. The normalized spacial score (nSPS) is 15.6. The number of nitrogens with one attached hydrogen (secondary N) is 1. The highest BCUT2D eigenvalue weighted by atomic mass is 79.9. The van der Waals surface area contributed by atoms with Gasteiger partial charge in [-0.1, -0.05) is 26.2 Å². The van der Waals surface area contributed by atoms with E-state index < -0.39 is 0 Å². The zero-order valence-electron chi connectivity index (χ0n) is 13.1. The van der Waals surface area contributed by atoms with Crippen molar-refractivity contribution in [1.29, 1.82) is 0 Å². The molecule has 1 aromatic carbocycles. The van der Waals surface area contributed by atoms with Crippen LogP contribution in [-0.2, 0) is 6.54 Å². The molecule has 2 rings (SSSR count). The summed E-state index contributed by atoms with van der Waals surface area (Å²) in [5.41, 5.74) is 1.23. The first-order chi connectivity index (χ1) is 10.2. The Balaban J connectivity index is 1.91. The molecule has 1 heterocycles. The predicted octanol–water partition coefficient (Wildman–Crippen LogP) is 4.67. The first kappa shape index (κ1) is 16.6. The first-order valence-electron chi connectivity index (χ1n) is 8.02. The number of halogens is 1. The Labute approximate surface area is 136 Å². The fraction of sp³-hybridized carbons (Fsp3) is 0.647. The molecule has 0 aliphatic carbocycles. The summed E-state index contributed by atoms with van der Waals surface area (Å²) >= 11 is 3.59. The number of hydrogen-bond acceptors (Lipinski definition) is 3. The van der Waals surface area contributed by atoms with Gasteiger partial charge in [0.1, 0.15) is 0 Å². The van der Waals surface area contributed by atoms with Crippen LogP contribution in [0.3, 0.4) is 0 Å². The van der Waals surface area contributed by atoms with Gasteiger partial charge in [0.15, 0.2) is 11.5 Å². The molecule has 0 radical (unpaired) electrons. The van der Waals surface area contributed by atoms with E-state index in [-0.39, 0.29) is 0 Å². The van der Waals surface area contributed by atoms with Crippen LogP contribution in [0.2, 0.25) is 0 Å². The van der Waals surface area contributed by atoms with Crippen LogP contribution >= 0.6 is 15.9 Å². The minimum absolute atomic E-state index is 0.548. The lowest BCUT2D eigenvalue weighted by Gasteiger charge is -2.16. The fourth-order valence-corrected chi connectivity index (χ4v) is 3.08. The van der Waals surface area contributed by atoms with Gasteiger partial charge in [-0.2, -0.15) is 0 Å². The van der Waals surface area contributed by atoms with Crippen molar-refractivity contribution >= 4 is 15.9 Å². The largest absolute Gasteiger partial charge is 0.490 e. The quantitative estimate of drug-likeness (QED) is 0.721. The topological polar surface area (TPSA) is 30.5 Å². The van der Waals surface area contributed by atoms with Crippen LogP contribution in [0.15, 0.2) is 16.6 Å². The summed E-state index contributed by atoms with van der Waals surface area (Å²) in [7, 11) is 0.